The van der Waals surface area contributed by atoms with Crippen molar-refractivity contribution in [2.24, 2.45) is 0 Å². The van der Waals surface area contributed by atoms with Crippen molar-refractivity contribution < 1.29 is 13.9 Å². The number of carbonyl (C=O) groups is 1. The van der Waals surface area contributed by atoms with Crippen molar-refractivity contribution in [1.29, 1.82) is 0 Å². The second-order valence-electron chi connectivity index (χ2n) is 4.94. The number of rotatable bonds is 6. The third-order valence-corrected chi connectivity index (χ3v) is 4.94. The summed E-state index contributed by atoms with van der Waals surface area (Å²) >= 11 is 4.82. The molecule has 0 aliphatic heterocycles. The van der Waals surface area contributed by atoms with Crippen LogP contribution >= 0.6 is 27.7 Å². The molecule has 3 nitrogen and oxygen atoms in total. The van der Waals surface area contributed by atoms with E-state index in [4.69, 9.17) is 5.73 Å². The first-order chi connectivity index (χ1) is 11.0. The smallest absolute Gasteiger partial charge is 0.315 e. The van der Waals surface area contributed by atoms with Crippen molar-refractivity contribution in [2.75, 3.05) is 24.3 Å². The zero-order valence-corrected chi connectivity index (χ0v) is 15.0. The van der Waals surface area contributed by atoms with Gasteiger partial charge in [-0.05, 0) is 35.4 Å². The molecule has 2 aromatic carbocycles. The number of ether oxygens (including phenoxy) is 1. The van der Waals surface area contributed by atoms with Crippen LogP contribution in [0.2, 0.25) is 0 Å². The molecule has 1 unspecified atom stereocenters. The van der Waals surface area contributed by atoms with Gasteiger partial charge in [-0.25, -0.2) is 4.39 Å². The molecule has 2 aromatic rings. The first-order valence-electron chi connectivity index (χ1n) is 6.97. The van der Waals surface area contributed by atoms with E-state index in [2.05, 4.69) is 20.7 Å². The number of carbonyl (C=O) groups excluding carboxylic acids is 1. The highest BCUT2D eigenvalue weighted by Gasteiger charge is 2.21. The third kappa shape index (κ3) is 4.72. The Morgan fingerprint density at radius 1 is 1.30 bits per heavy atom. The Labute approximate surface area is 147 Å². The Balaban J connectivity index is 2.33. The maximum absolute atomic E-state index is 14.3. The van der Waals surface area contributed by atoms with Gasteiger partial charge in [0.1, 0.15) is 5.82 Å². The van der Waals surface area contributed by atoms with Crippen LogP contribution < -0.4 is 5.73 Å². The van der Waals surface area contributed by atoms with Crippen molar-refractivity contribution in [3.8, 4) is 0 Å². The van der Waals surface area contributed by atoms with Crippen LogP contribution in [0.3, 0.4) is 0 Å². The van der Waals surface area contributed by atoms with Crippen LogP contribution in [0.5, 0.6) is 0 Å². The Kier molecular flexibility index (Phi) is 6.47. The average Bonchev–Trinajstić information content (AvgIpc) is 2.55. The summed E-state index contributed by atoms with van der Waals surface area (Å²) in [5.41, 5.74) is 8.09. The number of thioether (sulfide) groups is 1. The summed E-state index contributed by atoms with van der Waals surface area (Å²) in [7, 11) is 1.35. The minimum Gasteiger partial charge on any atom is -0.468 e. The summed E-state index contributed by atoms with van der Waals surface area (Å²) in [6, 6.07) is 12.2. The van der Waals surface area contributed by atoms with Gasteiger partial charge in [-0.15, -0.1) is 11.8 Å². The third-order valence-electron chi connectivity index (χ3n) is 3.44. The molecular weight excluding hydrogens is 381 g/mol. The van der Waals surface area contributed by atoms with E-state index >= 15 is 0 Å². The van der Waals surface area contributed by atoms with Crippen molar-refractivity contribution in [1.82, 2.24) is 0 Å². The predicted molar refractivity (Wildman–Crippen MR) is 96.1 cm³/mol. The fourth-order valence-corrected chi connectivity index (χ4v) is 3.65. The fourth-order valence-electron chi connectivity index (χ4n) is 2.27. The maximum atomic E-state index is 14.3. The maximum Gasteiger partial charge on any atom is 0.315 e. The van der Waals surface area contributed by atoms with Crippen LogP contribution in [-0.2, 0) is 9.53 Å². The molecule has 122 valence electrons. The average molecular weight is 398 g/mol. The van der Waals surface area contributed by atoms with E-state index in [0.29, 0.717) is 17.0 Å². The van der Waals surface area contributed by atoms with Crippen LogP contribution in [0.4, 0.5) is 10.1 Å². The van der Waals surface area contributed by atoms with Gasteiger partial charge < -0.3 is 10.5 Å². The highest BCUT2D eigenvalue weighted by molar-refractivity contribution is 9.10. The van der Waals surface area contributed by atoms with E-state index in [1.165, 1.54) is 24.9 Å². The number of nitrogen functional groups attached to an aromatic ring is 1. The summed E-state index contributed by atoms with van der Waals surface area (Å²) in [4.78, 5) is 11.3. The predicted octanol–water partition coefficient (Wildman–Crippen LogP) is 4.21. The fraction of sp³-hybridized carbons (Fsp3) is 0.235. The monoisotopic (exact) mass is 397 g/mol. The summed E-state index contributed by atoms with van der Waals surface area (Å²) in [6.07, 6.45) is 0. The van der Waals surface area contributed by atoms with Gasteiger partial charge in [-0.2, -0.15) is 0 Å². The van der Waals surface area contributed by atoms with Gasteiger partial charge in [0, 0.05) is 21.8 Å². The number of anilines is 1. The van der Waals surface area contributed by atoms with Crippen molar-refractivity contribution in [3.05, 3.63) is 63.9 Å². The van der Waals surface area contributed by atoms with E-state index in [9.17, 15) is 9.18 Å². The van der Waals surface area contributed by atoms with Gasteiger partial charge >= 0.3 is 5.97 Å². The van der Waals surface area contributed by atoms with E-state index in [1.807, 2.05) is 12.1 Å². The molecule has 2 rings (SSSR count). The molecule has 0 saturated heterocycles. The molecule has 23 heavy (non-hydrogen) atoms. The molecule has 0 spiro atoms. The molecule has 6 heteroatoms. The molecule has 0 bridgehead atoms. The molecule has 2 N–H and O–H groups in total. The Morgan fingerprint density at radius 2 is 2.04 bits per heavy atom. The topological polar surface area (TPSA) is 52.3 Å². The lowest BCUT2D eigenvalue weighted by Crippen LogP contribution is -2.12. The van der Waals surface area contributed by atoms with Gasteiger partial charge in [0.2, 0.25) is 0 Å². The second kappa shape index (κ2) is 8.36. The highest BCUT2D eigenvalue weighted by Crippen LogP contribution is 2.35. The van der Waals surface area contributed by atoms with Gasteiger partial charge in [0.05, 0.1) is 12.9 Å². The zero-order valence-electron chi connectivity index (χ0n) is 12.6. The van der Waals surface area contributed by atoms with Gasteiger partial charge in [-0.1, -0.05) is 34.1 Å². The van der Waals surface area contributed by atoms with Gasteiger partial charge in [0.15, 0.2) is 0 Å². The first-order valence-corrected chi connectivity index (χ1v) is 8.91. The second-order valence-corrected chi connectivity index (χ2v) is 6.88. The lowest BCUT2D eigenvalue weighted by atomic mass is 9.91. The highest BCUT2D eigenvalue weighted by atomic mass is 79.9. The minimum absolute atomic E-state index is 0.218. The van der Waals surface area contributed by atoms with Gasteiger partial charge in [-0.3, -0.25) is 4.79 Å². The number of methoxy groups -OCH3 is 1. The van der Waals surface area contributed by atoms with Crippen LogP contribution in [0.25, 0.3) is 0 Å². The Bertz CT molecular complexity index is 696. The first kappa shape index (κ1) is 17.8. The quantitative estimate of drug-likeness (QED) is 0.585. The molecule has 0 amide bonds. The molecule has 0 heterocycles. The summed E-state index contributed by atoms with van der Waals surface area (Å²) < 4.78 is 19.8. The molecule has 0 saturated carbocycles. The van der Waals surface area contributed by atoms with Crippen LogP contribution in [0.1, 0.15) is 17.0 Å². The van der Waals surface area contributed by atoms with Crippen LogP contribution in [-0.4, -0.2) is 24.6 Å². The SMILES string of the molecule is COC(=O)CSCC(c1cc(Br)ccc1N)c1ccccc1F. The number of nitrogens with two attached hydrogens (primary N) is 1. The van der Waals surface area contributed by atoms with Gasteiger partial charge in [0.25, 0.3) is 0 Å². The van der Waals surface area contributed by atoms with E-state index in [1.54, 1.807) is 24.3 Å². The van der Waals surface area contributed by atoms with E-state index in [-0.39, 0.29) is 23.5 Å². The summed E-state index contributed by atoms with van der Waals surface area (Å²) in [6.45, 7) is 0. The van der Waals surface area contributed by atoms with Crippen molar-refractivity contribution >= 4 is 39.3 Å². The van der Waals surface area contributed by atoms with Crippen molar-refractivity contribution in [2.45, 2.75) is 5.92 Å². The lowest BCUT2D eigenvalue weighted by molar-refractivity contribution is -0.137. The molecule has 0 aromatic heterocycles. The lowest BCUT2D eigenvalue weighted by Gasteiger charge is -2.20. The molecule has 0 aliphatic carbocycles. The zero-order chi connectivity index (χ0) is 16.8. The number of esters is 1. The number of hydrogen-bond donors (Lipinski definition) is 1. The Hall–Kier alpha value is -1.53. The molecular formula is C17H17BrFNO2S. The Morgan fingerprint density at radius 3 is 2.74 bits per heavy atom. The summed E-state index contributed by atoms with van der Waals surface area (Å²) in [5, 5.41) is 0. The number of benzene rings is 2. The van der Waals surface area contributed by atoms with E-state index in [0.717, 1.165) is 10.0 Å². The molecule has 0 fully saturated rings. The minimum atomic E-state index is -0.301. The number of hydrogen-bond acceptors (Lipinski definition) is 4. The summed E-state index contributed by atoms with van der Waals surface area (Å²) in [5.74, 6) is -0.0881. The van der Waals surface area contributed by atoms with E-state index < -0.39 is 0 Å². The molecule has 0 aliphatic rings. The largest absolute Gasteiger partial charge is 0.468 e. The standard InChI is InChI=1S/C17H17BrFNO2S/c1-22-17(21)10-23-9-14(12-4-2-3-5-15(12)19)13-8-11(18)6-7-16(13)20/h2-8,14H,9-10,20H2,1H3. The van der Waals surface area contributed by atoms with Crippen molar-refractivity contribution in [3.63, 3.8) is 0 Å². The molecule has 1 atom stereocenters. The normalized spacial score (nSPS) is 12.0. The number of halogens is 2. The van der Waals surface area contributed by atoms with Crippen LogP contribution in [0, 0.1) is 5.82 Å². The van der Waals surface area contributed by atoms with Crippen LogP contribution in [0.15, 0.2) is 46.9 Å². The molecule has 0 radical (unpaired) electrons.